The summed E-state index contributed by atoms with van der Waals surface area (Å²) in [4.78, 5) is 56.5. The van der Waals surface area contributed by atoms with Crippen LogP contribution in [0.3, 0.4) is 0 Å². The predicted molar refractivity (Wildman–Crippen MR) is 422 cm³/mol. The summed E-state index contributed by atoms with van der Waals surface area (Å²) in [5, 5.41) is 3.23. The van der Waals surface area contributed by atoms with Gasteiger partial charge < -0.3 is 0 Å². The van der Waals surface area contributed by atoms with Gasteiger partial charge in [-0.3, -0.25) is 19.4 Å². The Morgan fingerprint density at radius 3 is 0.755 bits per heavy atom. The maximum absolute atomic E-state index is 15.5. The molecule has 532 valence electrons. The molecule has 94 heavy (non-hydrogen) atoms. The molecule has 0 saturated carbocycles. The van der Waals surface area contributed by atoms with Gasteiger partial charge in [0.1, 0.15) is 0 Å². The molecule has 6 heterocycles. The molecule has 2 aliphatic heterocycles. The minimum Gasteiger partial charge on any atom is -0.291 e. The average Bonchev–Trinajstić information content (AvgIpc) is 1.56. The van der Waals surface area contributed by atoms with Crippen molar-refractivity contribution < 1.29 is 9.59 Å². The molecule has 0 atom stereocenters. The number of carbonyl (C=O) groups is 2. The topological polar surface area (TPSA) is 92.2 Å². The minimum absolute atomic E-state index is 0.0907. The molecular weight excluding hydrogens is 1360 g/mol. The molecule has 2 amide bonds. The van der Waals surface area contributed by atoms with Crippen molar-refractivity contribution >= 4 is 112 Å². The maximum atomic E-state index is 15.5. The largest absolute Gasteiger partial charge is 0.291 e. The third-order valence-electron chi connectivity index (χ3n) is 20.5. The summed E-state index contributed by atoms with van der Waals surface area (Å²) in [6, 6.07) is 0. The second-order valence-electron chi connectivity index (χ2n) is 28.7. The van der Waals surface area contributed by atoms with Gasteiger partial charge in [-0.05, 0) is 69.4 Å². The zero-order valence-electron chi connectivity index (χ0n) is 60.2. The van der Waals surface area contributed by atoms with Crippen molar-refractivity contribution in [2.24, 2.45) is 11.8 Å². The molecule has 0 N–H and O–H groups in total. The third-order valence-corrected chi connectivity index (χ3v) is 25.9. The van der Waals surface area contributed by atoms with Gasteiger partial charge in [-0.25, -0.2) is 19.9 Å². The van der Waals surface area contributed by atoms with E-state index in [4.69, 9.17) is 19.9 Å². The Labute approximate surface area is 608 Å². The number of anilines is 2. The highest BCUT2D eigenvalue weighted by Gasteiger charge is 2.46. The molecule has 14 heteroatoms. The third kappa shape index (κ3) is 31.0. The van der Waals surface area contributed by atoms with E-state index in [9.17, 15) is 0 Å². The second-order valence-corrected chi connectivity index (χ2v) is 35.5. The van der Waals surface area contributed by atoms with Crippen LogP contribution in [0, 0.1) is 11.8 Å². The van der Waals surface area contributed by atoms with E-state index in [1.807, 2.05) is 22.2 Å². The van der Waals surface area contributed by atoms with E-state index in [0.717, 1.165) is 63.0 Å². The van der Waals surface area contributed by atoms with Gasteiger partial charge in [0.25, 0.3) is 11.8 Å². The van der Waals surface area contributed by atoms with Crippen molar-refractivity contribution in [3.05, 3.63) is 29.7 Å². The summed E-state index contributed by atoms with van der Waals surface area (Å²) in [6.45, 7) is 10.4. The van der Waals surface area contributed by atoms with Crippen molar-refractivity contribution in [2.45, 2.75) is 387 Å². The second kappa shape index (κ2) is 51.3. The van der Waals surface area contributed by atoms with Crippen LogP contribution in [-0.4, -0.2) is 44.8 Å². The Morgan fingerprint density at radius 1 is 0.309 bits per heavy atom. The van der Waals surface area contributed by atoms with Crippen LogP contribution in [0.4, 0.5) is 11.6 Å². The van der Waals surface area contributed by atoms with E-state index < -0.39 is 0 Å². The lowest BCUT2D eigenvalue weighted by Gasteiger charge is -2.21. The first-order valence-corrected chi connectivity index (χ1v) is 44.8. The predicted octanol–water partition coefficient (Wildman–Crippen LogP) is 29.1. The summed E-state index contributed by atoms with van der Waals surface area (Å²) in [5.41, 5.74) is 1.00. The molecule has 6 rings (SSSR count). The average molecular weight is 1500 g/mol. The van der Waals surface area contributed by atoms with Crippen LogP contribution in [0.25, 0.3) is 31.2 Å². The van der Waals surface area contributed by atoms with Gasteiger partial charge in [-0.1, -0.05) is 362 Å². The van der Waals surface area contributed by atoms with Gasteiger partial charge in [0.2, 0.25) is 0 Å². The Hall–Kier alpha value is -1.84. The Balaban J connectivity index is 1.13. The zero-order valence-corrected chi connectivity index (χ0v) is 66.6. The van der Waals surface area contributed by atoms with Crippen molar-refractivity contribution in [1.29, 1.82) is 0 Å². The monoisotopic (exact) mass is 1490 g/mol. The van der Waals surface area contributed by atoms with Crippen molar-refractivity contribution in [3.8, 4) is 20.0 Å². The van der Waals surface area contributed by atoms with Crippen molar-refractivity contribution in [1.82, 2.24) is 19.9 Å². The van der Waals surface area contributed by atoms with E-state index in [1.54, 1.807) is 22.7 Å². The molecule has 0 radical (unpaired) electrons. The molecule has 4 aromatic rings. The molecule has 0 unspecified atom stereocenters. The summed E-state index contributed by atoms with van der Waals surface area (Å²) in [7, 11) is 0. The number of halogens is 2. The van der Waals surface area contributed by atoms with E-state index in [1.165, 1.54) is 357 Å². The van der Waals surface area contributed by atoms with Gasteiger partial charge in [-0.2, -0.15) is 0 Å². The van der Waals surface area contributed by atoms with Crippen LogP contribution in [0.15, 0.2) is 20.0 Å². The molecule has 0 aromatic carbocycles. The summed E-state index contributed by atoms with van der Waals surface area (Å²) in [5.74, 6) is 2.51. The van der Waals surface area contributed by atoms with E-state index >= 15 is 9.59 Å². The lowest BCUT2D eigenvalue weighted by Crippen LogP contribution is -2.31. The number of rotatable bonds is 62. The molecule has 8 nitrogen and oxygen atoms in total. The van der Waals surface area contributed by atoms with Crippen LogP contribution in [0.2, 0.25) is 0 Å². The number of carbonyl (C=O) groups excluding carboxylic acids is 2. The number of hydrogen-bond acceptors (Lipinski definition) is 10. The molecule has 0 saturated heterocycles. The van der Waals surface area contributed by atoms with Gasteiger partial charge in [0, 0.05) is 13.1 Å². The van der Waals surface area contributed by atoms with Gasteiger partial charge in [0.05, 0.1) is 40.9 Å². The molecule has 2 aliphatic rings. The molecular formula is C80H132Br2N6O2S4. The summed E-state index contributed by atoms with van der Waals surface area (Å²) in [6.07, 6.45) is 78.8. The molecule has 0 bridgehead atoms. The number of unbranched alkanes of at least 4 members (excludes halogenated alkanes) is 44. The van der Waals surface area contributed by atoms with Crippen LogP contribution >= 0.6 is 77.2 Å². The number of amides is 2. The smallest absolute Gasteiger partial charge is 0.261 e. The molecule has 0 aliphatic carbocycles. The minimum atomic E-state index is -0.0907. The number of aromatic nitrogens is 4. The fourth-order valence-corrected chi connectivity index (χ4v) is 19.4. The highest BCUT2D eigenvalue weighted by Crippen LogP contribution is 2.53. The van der Waals surface area contributed by atoms with Crippen LogP contribution in [-0.2, 0) is 9.59 Å². The van der Waals surface area contributed by atoms with Crippen LogP contribution in [0.1, 0.15) is 397 Å². The van der Waals surface area contributed by atoms with Crippen LogP contribution in [0.5, 0.6) is 0 Å². The number of hydrogen-bond donors (Lipinski definition) is 0. The number of fused-ring (bicyclic) bond motifs is 2. The summed E-state index contributed by atoms with van der Waals surface area (Å²) >= 11 is 13.5. The van der Waals surface area contributed by atoms with Crippen LogP contribution < -0.4 is 9.80 Å². The Bertz CT molecular complexity index is 2390. The SMILES string of the molecule is CCCCCCCCCCCCCCC(CCCCCCCCCCCCCC)CCCN1C(=O)/C(=C2/C(=O)N(CCCC(CCCCCCCCCCCCCC)CCCCCCCCCCCCCC)c3nc(-c4ncc(Br)s4)sc32)c2sc(-c3ncc(Br)s3)nc21. The molecule has 0 fully saturated rings. The number of nitrogens with zero attached hydrogens (tertiary/aromatic N) is 6. The Kier molecular flexibility index (Phi) is 44.3. The number of thiazole rings is 4. The van der Waals surface area contributed by atoms with Crippen molar-refractivity contribution in [2.75, 3.05) is 22.9 Å². The first-order valence-electron chi connectivity index (χ1n) is 39.9. The van der Waals surface area contributed by atoms with E-state index in [0.29, 0.717) is 47.7 Å². The zero-order chi connectivity index (χ0) is 66.5. The van der Waals surface area contributed by atoms with Gasteiger partial charge >= 0.3 is 0 Å². The highest BCUT2D eigenvalue weighted by atomic mass is 79.9. The van der Waals surface area contributed by atoms with E-state index in [-0.39, 0.29) is 11.8 Å². The van der Waals surface area contributed by atoms with E-state index in [2.05, 4.69) is 59.6 Å². The quantitative estimate of drug-likeness (QED) is 0.0323. The first-order chi connectivity index (χ1) is 46.3. The lowest BCUT2D eigenvalue weighted by atomic mass is 9.90. The van der Waals surface area contributed by atoms with Gasteiger partial charge in [-0.15, -0.1) is 45.3 Å². The molecule has 4 aromatic heterocycles. The summed E-state index contributed by atoms with van der Waals surface area (Å²) < 4.78 is 1.89. The standard InChI is InChI=1S/C80H132Br2N6O2S4/c1-5-9-13-17-21-25-29-33-37-41-45-49-55-65(56-50-46-42-38-34-30-26-22-18-14-10-6-2)59-53-61-87-73-71(93-77(85-73)75-83-63-67(81)91-75)69(79(87)89)70-72-74(86-78(94-72)76-84-64-68(82)92-76)88(80(70)90)62-54-60-66(57-51-47-43-39-35-31-27-23-19-15-11-7-3)58-52-48-44-40-36-32-28-24-20-16-12-8-4/h63-66H,5-62H2,1-4H3/b70-69+. The fourth-order valence-electron chi connectivity index (χ4n) is 14.8. The van der Waals surface area contributed by atoms with Gasteiger partial charge in [0.15, 0.2) is 31.7 Å². The van der Waals surface area contributed by atoms with Crippen molar-refractivity contribution in [3.63, 3.8) is 0 Å². The molecule has 0 spiro atoms. The highest BCUT2D eigenvalue weighted by molar-refractivity contribution is 9.11. The Morgan fingerprint density at radius 2 is 0.532 bits per heavy atom. The first kappa shape index (κ1) is 81.1. The normalized spacial score (nSPS) is 14.0. The maximum Gasteiger partial charge on any atom is 0.261 e. The fraction of sp³-hybridized carbons (Fsp3) is 0.800. The lowest BCUT2D eigenvalue weighted by molar-refractivity contribution is -0.114.